The molecule has 8 nitrogen and oxygen atoms in total. The van der Waals surface area contributed by atoms with Crippen LogP contribution < -0.4 is 14.5 Å². The molecule has 40 heavy (non-hydrogen) atoms. The van der Waals surface area contributed by atoms with Crippen LogP contribution in [0.3, 0.4) is 0 Å². The van der Waals surface area contributed by atoms with Crippen molar-refractivity contribution in [1.29, 1.82) is 0 Å². The number of anilines is 2. The molecule has 210 valence electrons. The van der Waals surface area contributed by atoms with E-state index >= 15 is 0 Å². The van der Waals surface area contributed by atoms with Gasteiger partial charge in [0, 0.05) is 62.0 Å². The molecule has 5 rings (SSSR count). The molecule has 3 aromatic rings. The van der Waals surface area contributed by atoms with Gasteiger partial charge in [-0.15, -0.1) is 0 Å². The molecule has 0 bridgehead atoms. The second-order valence-electron chi connectivity index (χ2n) is 11.0. The van der Waals surface area contributed by atoms with Gasteiger partial charge in [0.05, 0.1) is 17.8 Å². The first-order valence-electron chi connectivity index (χ1n) is 13.7. The number of carbonyl (C=O) groups is 2. The number of carbonyl (C=O) groups excluding carboxylic acids is 1. The molecule has 2 amide bonds. The number of carboxylic acid groups (broad SMARTS) is 1. The van der Waals surface area contributed by atoms with Crippen LogP contribution >= 0.6 is 11.6 Å². The van der Waals surface area contributed by atoms with E-state index in [4.69, 9.17) is 16.3 Å². The number of urea groups is 1. The molecule has 2 unspecified atom stereocenters. The molecule has 1 saturated heterocycles. The zero-order valence-electron chi connectivity index (χ0n) is 23.4. The molecule has 2 aromatic carbocycles. The number of ether oxygens (including phenoxy) is 1. The number of benzene rings is 2. The van der Waals surface area contributed by atoms with Crippen molar-refractivity contribution in [2.45, 2.75) is 51.6 Å². The van der Waals surface area contributed by atoms with Crippen LogP contribution in [-0.2, 0) is 6.42 Å². The first-order chi connectivity index (χ1) is 19.1. The highest BCUT2D eigenvalue weighted by molar-refractivity contribution is 6.33. The third-order valence-corrected chi connectivity index (χ3v) is 8.90. The molecule has 1 aliphatic heterocycles. The number of amides is 2. The summed E-state index contributed by atoms with van der Waals surface area (Å²) in [5.41, 5.74) is 5.93. The number of hydrogen-bond donors (Lipinski definition) is 1. The Balaban J connectivity index is 1.50. The van der Waals surface area contributed by atoms with E-state index in [0.717, 1.165) is 61.3 Å². The molecule has 1 N–H and O–H groups in total. The molecule has 2 aliphatic rings. The fourth-order valence-electron chi connectivity index (χ4n) is 6.63. The zero-order chi connectivity index (χ0) is 28.6. The van der Waals surface area contributed by atoms with Crippen molar-refractivity contribution in [2.75, 3.05) is 37.0 Å². The van der Waals surface area contributed by atoms with Crippen molar-refractivity contribution in [2.24, 2.45) is 0 Å². The van der Waals surface area contributed by atoms with Gasteiger partial charge in [-0.2, -0.15) is 0 Å². The summed E-state index contributed by atoms with van der Waals surface area (Å²) in [5, 5.41) is 9.72. The maximum atomic E-state index is 14.6. The van der Waals surface area contributed by atoms with Gasteiger partial charge >= 0.3 is 12.2 Å². The second-order valence-corrected chi connectivity index (χ2v) is 11.5. The Morgan fingerprint density at radius 1 is 1.05 bits per heavy atom. The van der Waals surface area contributed by atoms with Crippen LogP contribution in [0.25, 0.3) is 0 Å². The number of rotatable bonds is 5. The van der Waals surface area contributed by atoms with Crippen LogP contribution in [0.1, 0.15) is 47.8 Å². The van der Waals surface area contributed by atoms with E-state index in [1.165, 1.54) is 5.69 Å². The van der Waals surface area contributed by atoms with Crippen molar-refractivity contribution in [3.63, 3.8) is 0 Å². The van der Waals surface area contributed by atoms with Crippen molar-refractivity contribution in [3.05, 3.63) is 82.1 Å². The molecule has 1 fully saturated rings. The number of hydrogen-bond acceptors (Lipinski definition) is 5. The lowest BCUT2D eigenvalue weighted by Crippen LogP contribution is -2.64. The largest absolute Gasteiger partial charge is 0.511 e. The second kappa shape index (κ2) is 11.1. The van der Waals surface area contributed by atoms with Gasteiger partial charge in [-0.1, -0.05) is 29.8 Å². The molecular weight excluding hydrogens is 528 g/mol. The van der Waals surface area contributed by atoms with Crippen LogP contribution in [0, 0.1) is 13.8 Å². The molecule has 2 atom stereocenters. The van der Waals surface area contributed by atoms with Gasteiger partial charge in [0.15, 0.2) is 0 Å². The molecule has 0 saturated carbocycles. The predicted molar refractivity (Wildman–Crippen MR) is 157 cm³/mol. The Hall–Kier alpha value is -3.62. The Bertz CT molecular complexity index is 1420. The van der Waals surface area contributed by atoms with E-state index < -0.39 is 6.16 Å². The molecule has 1 aromatic heterocycles. The molecule has 0 spiro atoms. The standard InChI is InChI=1S/C31H35ClN4O4/c1-20-17-23(18-21(2)33-20)35-15-13-24(14-16-35)36(4,30(37)34(3)28-8-6-5-7-27(28)32)29-12-10-22-9-11-25(19-26(22)29)40-31(38)39/h5-9,11,17-19,24,29H,10,12-16H2,1-4H3/p+1. The first-order valence-corrected chi connectivity index (χ1v) is 14.1. The topological polar surface area (TPSA) is 83.0 Å². The number of aryl methyl sites for hydroxylation is 3. The Morgan fingerprint density at radius 2 is 1.73 bits per heavy atom. The van der Waals surface area contributed by atoms with Gasteiger partial charge in [0.2, 0.25) is 0 Å². The summed E-state index contributed by atoms with van der Waals surface area (Å²) in [6, 6.07) is 16.9. The van der Waals surface area contributed by atoms with Crippen LogP contribution in [0.2, 0.25) is 5.02 Å². The van der Waals surface area contributed by atoms with Crippen LogP contribution in [0.5, 0.6) is 5.75 Å². The maximum Gasteiger partial charge on any atom is 0.511 e. The molecular formula is C31H36ClN4O4+. The van der Waals surface area contributed by atoms with Crippen molar-refractivity contribution >= 4 is 35.2 Å². The van der Waals surface area contributed by atoms with Crippen molar-refractivity contribution in [1.82, 2.24) is 4.98 Å². The molecule has 2 heterocycles. The normalized spacial score (nSPS) is 18.6. The number of quaternary nitrogens is 1. The molecule has 1 aliphatic carbocycles. The quantitative estimate of drug-likeness (QED) is 0.210. The van der Waals surface area contributed by atoms with Crippen LogP contribution in [0.15, 0.2) is 54.6 Å². The highest BCUT2D eigenvalue weighted by Gasteiger charge is 2.52. The lowest BCUT2D eigenvalue weighted by atomic mass is 9.95. The van der Waals surface area contributed by atoms with E-state index in [1.54, 1.807) is 30.1 Å². The van der Waals surface area contributed by atoms with E-state index in [1.807, 2.05) is 45.2 Å². The van der Waals surface area contributed by atoms with Crippen LogP contribution in [0.4, 0.5) is 21.0 Å². The number of nitrogens with zero attached hydrogens (tertiary/aromatic N) is 4. The number of halogens is 1. The summed E-state index contributed by atoms with van der Waals surface area (Å²) >= 11 is 6.54. The Kier molecular flexibility index (Phi) is 7.75. The summed E-state index contributed by atoms with van der Waals surface area (Å²) in [4.78, 5) is 34.5. The average molecular weight is 564 g/mol. The monoisotopic (exact) mass is 563 g/mol. The number of pyridine rings is 1. The van der Waals surface area contributed by atoms with E-state index in [9.17, 15) is 14.7 Å². The van der Waals surface area contributed by atoms with Crippen molar-refractivity contribution < 1.29 is 23.9 Å². The van der Waals surface area contributed by atoms with Gasteiger partial charge in [-0.05, 0) is 62.2 Å². The van der Waals surface area contributed by atoms with Crippen LogP contribution in [-0.4, -0.2) is 60.0 Å². The minimum absolute atomic E-state index is 0.0374. The summed E-state index contributed by atoms with van der Waals surface area (Å²) in [5.74, 6) is 0.273. The molecule has 9 heteroatoms. The van der Waals surface area contributed by atoms with Gasteiger partial charge in [-0.3, -0.25) is 9.88 Å². The van der Waals surface area contributed by atoms with E-state index in [-0.39, 0.29) is 28.3 Å². The maximum absolute atomic E-state index is 14.6. The smallest absolute Gasteiger partial charge is 0.449 e. The Labute approximate surface area is 240 Å². The van der Waals surface area contributed by atoms with E-state index in [2.05, 4.69) is 22.0 Å². The zero-order valence-corrected chi connectivity index (χ0v) is 24.2. The minimum atomic E-state index is -1.35. The van der Waals surface area contributed by atoms with Gasteiger partial charge < -0.3 is 14.7 Å². The molecule has 0 radical (unpaired) electrons. The summed E-state index contributed by atoms with van der Waals surface area (Å²) < 4.78 is 5.18. The van der Waals surface area contributed by atoms with Gasteiger partial charge in [-0.25, -0.2) is 14.1 Å². The lowest BCUT2D eigenvalue weighted by molar-refractivity contribution is -0.887. The van der Waals surface area contributed by atoms with E-state index in [0.29, 0.717) is 10.7 Å². The fourth-order valence-corrected chi connectivity index (χ4v) is 6.89. The number of fused-ring (bicyclic) bond motifs is 1. The highest BCUT2D eigenvalue weighted by Crippen LogP contribution is 2.46. The predicted octanol–water partition coefficient (Wildman–Crippen LogP) is 6.77. The third-order valence-electron chi connectivity index (χ3n) is 8.58. The van der Waals surface area contributed by atoms with Gasteiger partial charge in [0.1, 0.15) is 17.8 Å². The first kappa shape index (κ1) is 27.9. The average Bonchev–Trinajstić information content (AvgIpc) is 3.35. The minimum Gasteiger partial charge on any atom is -0.449 e. The fraction of sp³-hybridized carbons (Fsp3) is 0.387. The number of piperidine rings is 1. The highest BCUT2D eigenvalue weighted by atomic mass is 35.5. The van der Waals surface area contributed by atoms with Crippen molar-refractivity contribution in [3.8, 4) is 5.75 Å². The van der Waals surface area contributed by atoms with Gasteiger partial charge in [0.25, 0.3) is 0 Å². The Morgan fingerprint density at radius 3 is 2.38 bits per heavy atom. The number of para-hydroxylation sites is 1. The summed E-state index contributed by atoms with van der Waals surface area (Å²) in [6.07, 6.45) is 1.91. The number of aromatic nitrogens is 1. The third kappa shape index (κ3) is 5.25. The SMILES string of the molecule is Cc1cc(N2CCC([N+](C)(C(=O)N(C)c3ccccc3Cl)C3CCc4ccc(OC(=O)O)cc43)CC2)cc(C)n1. The summed E-state index contributed by atoms with van der Waals surface area (Å²) in [7, 11) is 3.83. The summed E-state index contributed by atoms with van der Waals surface area (Å²) in [6.45, 7) is 5.68. The lowest BCUT2D eigenvalue weighted by Gasteiger charge is -2.48.